The Morgan fingerprint density at radius 1 is 1.35 bits per heavy atom. The molecule has 0 saturated carbocycles. The van der Waals surface area contributed by atoms with E-state index in [4.69, 9.17) is 11.2 Å². The standard InChI is InChI=1S/C20H17BrN2O3/c1-3-10-26-19-9-8-14(21)11-16(19)17(12-23(24)25)20-13(2)22-18-7-5-4-6-15(18)20/h1,4-9,11,17,22H,10,12H2,2H3. The van der Waals surface area contributed by atoms with Gasteiger partial charge in [-0.3, -0.25) is 10.1 Å². The van der Waals surface area contributed by atoms with Crippen molar-refractivity contribution in [2.24, 2.45) is 0 Å². The van der Waals surface area contributed by atoms with Gasteiger partial charge in [-0.2, -0.15) is 0 Å². The molecule has 0 radical (unpaired) electrons. The molecule has 0 bridgehead atoms. The first-order chi connectivity index (χ1) is 12.5. The smallest absolute Gasteiger partial charge is 0.214 e. The van der Waals surface area contributed by atoms with Crippen LogP contribution in [0.4, 0.5) is 0 Å². The van der Waals surface area contributed by atoms with Crippen molar-refractivity contribution in [3.63, 3.8) is 0 Å². The van der Waals surface area contributed by atoms with Crippen LogP contribution in [0.25, 0.3) is 10.9 Å². The van der Waals surface area contributed by atoms with Gasteiger partial charge in [0.05, 0.1) is 5.92 Å². The summed E-state index contributed by atoms with van der Waals surface area (Å²) in [5.74, 6) is 2.53. The number of nitrogens with zero attached hydrogens (tertiary/aromatic N) is 1. The van der Waals surface area contributed by atoms with Crippen LogP contribution in [-0.2, 0) is 0 Å². The highest BCUT2D eigenvalue weighted by atomic mass is 79.9. The predicted molar refractivity (Wildman–Crippen MR) is 105 cm³/mol. The minimum atomic E-state index is -0.466. The Morgan fingerprint density at radius 3 is 2.85 bits per heavy atom. The van der Waals surface area contributed by atoms with Crippen molar-refractivity contribution in [2.45, 2.75) is 12.8 Å². The zero-order valence-corrected chi connectivity index (χ0v) is 15.7. The number of nitro groups is 1. The Morgan fingerprint density at radius 2 is 2.12 bits per heavy atom. The van der Waals surface area contributed by atoms with Crippen molar-refractivity contribution < 1.29 is 9.66 Å². The van der Waals surface area contributed by atoms with Crippen LogP contribution >= 0.6 is 15.9 Å². The Kier molecular flexibility index (Phi) is 5.29. The molecule has 1 unspecified atom stereocenters. The Labute approximate surface area is 159 Å². The van der Waals surface area contributed by atoms with Gasteiger partial charge < -0.3 is 9.72 Å². The molecule has 6 heteroatoms. The predicted octanol–water partition coefficient (Wildman–Crippen LogP) is 4.66. The molecule has 1 atom stereocenters. The van der Waals surface area contributed by atoms with Gasteiger partial charge in [-0.25, -0.2) is 0 Å². The number of aryl methyl sites for hydroxylation is 1. The molecule has 26 heavy (non-hydrogen) atoms. The molecule has 3 aromatic rings. The summed E-state index contributed by atoms with van der Waals surface area (Å²) in [6.45, 7) is 1.79. The first kappa shape index (κ1) is 18.0. The third-order valence-corrected chi connectivity index (χ3v) is 4.78. The SMILES string of the molecule is C#CCOc1ccc(Br)cc1C(C[N+](=O)[O-])c1c(C)[nH]c2ccccc12. The van der Waals surface area contributed by atoms with Gasteiger partial charge in [-0.05, 0) is 36.8 Å². The Balaban J connectivity index is 2.21. The number of halogens is 1. The van der Waals surface area contributed by atoms with Crippen molar-refractivity contribution in [1.29, 1.82) is 0 Å². The number of aromatic nitrogens is 1. The lowest BCUT2D eigenvalue weighted by molar-refractivity contribution is -0.481. The summed E-state index contributed by atoms with van der Waals surface area (Å²) in [4.78, 5) is 14.5. The molecule has 2 aromatic carbocycles. The molecule has 0 saturated heterocycles. The fourth-order valence-electron chi connectivity index (χ4n) is 3.28. The monoisotopic (exact) mass is 412 g/mol. The molecule has 132 valence electrons. The minimum Gasteiger partial charge on any atom is -0.481 e. The fraction of sp³-hybridized carbons (Fsp3) is 0.200. The molecule has 0 spiro atoms. The van der Waals surface area contributed by atoms with Gasteiger partial charge in [0.15, 0.2) is 0 Å². The van der Waals surface area contributed by atoms with Crippen LogP contribution in [-0.4, -0.2) is 23.1 Å². The maximum absolute atomic E-state index is 11.4. The quantitative estimate of drug-likeness (QED) is 0.363. The van der Waals surface area contributed by atoms with Crippen LogP contribution in [0, 0.1) is 29.4 Å². The number of nitrogens with one attached hydrogen (secondary N) is 1. The van der Waals surface area contributed by atoms with Gasteiger partial charge in [0, 0.05) is 31.6 Å². The van der Waals surface area contributed by atoms with Crippen LogP contribution < -0.4 is 4.74 Å². The molecule has 0 aliphatic carbocycles. The number of aromatic amines is 1. The fourth-order valence-corrected chi connectivity index (χ4v) is 3.66. The number of H-pyrrole nitrogens is 1. The molecule has 0 aliphatic heterocycles. The third-order valence-electron chi connectivity index (χ3n) is 4.28. The van der Waals surface area contributed by atoms with Gasteiger partial charge in [-0.1, -0.05) is 40.0 Å². The molecule has 1 N–H and O–H groups in total. The largest absolute Gasteiger partial charge is 0.481 e. The van der Waals surface area contributed by atoms with Gasteiger partial charge >= 0.3 is 0 Å². The average molecular weight is 413 g/mol. The highest BCUT2D eigenvalue weighted by Gasteiger charge is 2.28. The molecule has 0 fully saturated rings. The third kappa shape index (κ3) is 3.58. The zero-order valence-electron chi connectivity index (χ0n) is 14.2. The average Bonchev–Trinajstić information content (AvgIpc) is 2.94. The van der Waals surface area contributed by atoms with Crippen LogP contribution in [0.5, 0.6) is 5.75 Å². The summed E-state index contributed by atoms with van der Waals surface area (Å²) >= 11 is 3.46. The van der Waals surface area contributed by atoms with Crippen molar-refractivity contribution in [3.8, 4) is 18.1 Å². The van der Waals surface area contributed by atoms with Crippen LogP contribution in [0.3, 0.4) is 0 Å². The number of rotatable bonds is 6. The molecule has 1 aromatic heterocycles. The topological polar surface area (TPSA) is 68.2 Å². The van der Waals surface area contributed by atoms with E-state index in [0.29, 0.717) is 5.75 Å². The van der Waals surface area contributed by atoms with E-state index in [1.54, 1.807) is 6.07 Å². The van der Waals surface area contributed by atoms with E-state index in [0.717, 1.165) is 32.2 Å². The summed E-state index contributed by atoms with van der Waals surface area (Å²) in [5.41, 5.74) is 3.50. The van der Waals surface area contributed by atoms with Gasteiger partial charge in [0.2, 0.25) is 6.54 Å². The number of fused-ring (bicyclic) bond motifs is 1. The summed E-state index contributed by atoms with van der Waals surface area (Å²) in [6.07, 6.45) is 5.31. The summed E-state index contributed by atoms with van der Waals surface area (Å²) in [5, 5.41) is 12.4. The number of para-hydroxylation sites is 1. The van der Waals surface area contributed by atoms with Crippen LogP contribution in [0.1, 0.15) is 22.7 Å². The van der Waals surface area contributed by atoms with Crippen molar-refractivity contribution in [1.82, 2.24) is 4.98 Å². The second-order valence-corrected chi connectivity index (χ2v) is 6.87. The first-order valence-corrected chi connectivity index (χ1v) is 8.85. The molecular weight excluding hydrogens is 396 g/mol. The number of benzene rings is 2. The number of ether oxygens (including phenoxy) is 1. The van der Waals surface area contributed by atoms with Gasteiger partial charge in [0.1, 0.15) is 12.4 Å². The van der Waals surface area contributed by atoms with E-state index in [1.807, 2.05) is 43.3 Å². The minimum absolute atomic E-state index is 0.104. The summed E-state index contributed by atoms with van der Waals surface area (Å²) < 4.78 is 6.49. The molecular formula is C20H17BrN2O3. The lowest BCUT2D eigenvalue weighted by Crippen LogP contribution is -2.16. The molecule has 1 heterocycles. The first-order valence-electron chi connectivity index (χ1n) is 8.06. The Hall–Kier alpha value is -2.78. The summed E-state index contributed by atoms with van der Waals surface area (Å²) in [7, 11) is 0. The normalized spacial score (nSPS) is 11.9. The van der Waals surface area contributed by atoms with Crippen molar-refractivity contribution in [2.75, 3.05) is 13.2 Å². The Bertz CT molecular complexity index is 1000. The molecule has 5 nitrogen and oxygen atoms in total. The highest BCUT2D eigenvalue weighted by molar-refractivity contribution is 9.10. The van der Waals surface area contributed by atoms with Gasteiger partial charge in [-0.15, -0.1) is 6.42 Å². The van der Waals surface area contributed by atoms with E-state index in [-0.39, 0.29) is 18.1 Å². The lowest BCUT2D eigenvalue weighted by Gasteiger charge is -2.18. The maximum atomic E-state index is 11.4. The van der Waals surface area contributed by atoms with E-state index in [1.165, 1.54) is 0 Å². The van der Waals surface area contributed by atoms with E-state index >= 15 is 0 Å². The molecule has 3 rings (SSSR count). The zero-order chi connectivity index (χ0) is 18.7. The maximum Gasteiger partial charge on any atom is 0.214 e. The van der Waals surface area contributed by atoms with Crippen molar-refractivity contribution >= 4 is 26.8 Å². The van der Waals surface area contributed by atoms with E-state index in [9.17, 15) is 10.1 Å². The highest BCUT2D eigenvalue weighted by Crippen LogP contribution is 2.39. The second kappa shape index (κ2) is 7.63. The number of terminal acetylenes is 1. The molecule has 0 aliphatic rings. The van der Waals surface area contributed by atoms with E-state index in [2.05, 4.69) is 26.8 Å². The molecule has 0 amide bonds. The number of hydrogen-bond acceptors (Lipinski definition) is 3. The summed E-state index contributed by atoms with van der Waals surface area (Å²) in [6, 6.07) is 13.3. The van der Waals surface area contributed by atoms with Crippen molar-refractivity contribution in [3.05, 3.63) is 73.9 Å². The van der Waals surface area contributed by atoms with Crippen LogP contribution in [0.2, 0.25) is 0 Å². The number of hydrogen-bond donors (Lipinski definition) is 1. The second-order valence-electron chi connectivity index (χ2n) is 5.95. The lowest BCUT2D eigenvalue weighted by atomic mass is 9.88. The van der Waals surface area contributed by atoms with Crippen LogP contribution in [0.15, 0.2) is 46.9 Å². The van der Waals surface area contributed by atoms with Gasteiger partial charge in [0.25, 0.3) is 0 Å². The van der Waals surface area contributed by atoms with E-state index < -0.39 is 5.92 Å².